The summed E-state index contributed by atoms with van der Waals surface area (Å²) in [7, 11) is 0. The second-order valence-electron chi connectivity index (χ2n) is 4.44. The zero-order valence-electron chi connectivity index (χ0n) is 10.4. The molecule has 1 aliphatic heterocycles. The molecular formula is C13H19N3O. The minimum Gasteiger partial charge on any atom is -0.385 e. The Labute approximate surface area is 102 Å². The third-order valence-electron chi connectivity index (χ3n) is 3.23. The minimum atomic E-state index is 0.0963. The number of aromatic nitrogens is 1. The highest BCUT2D eigenvalue weighted by atomic mass is 16.2. The van der Waals surface area contributed by atoms with Gasteiger partial charge in [0.15, 0.2) is 0 Å². The summed E-state index contributed by atoms with van der Waals surface area (Å²) in [5, 5.41) is 3.21. The maximum atomic E-state index is 12.4. The quantitative estimate of drug-likeness (QED) is 0.870. The smallest absolute Gasteiger partial charge is 0.257 e. The largest absolute Gasteiger partial charge is 0.385 e. The van der Waals surface area contributed by atoms with Crippen molar-refractivity contribution < 1.29 is 4.79 Å². The predicted octanol–water partition coefficient (Wildman–Crippen LogP) is 2.14. The monoisotopic (exact) mass is 233 g/mol. The van der Waals surface area contributed by atoms with Crippen LogP contribution in [0.5, 0.6) is 0 Å². The van der Waals surface area contributed by atoms with E-state index in [1.165, 1.54) is 0 Å². The van der Waals surface area contributed by atoms with Gasteiger partial charge in [-0.15, -0.1) is 0 Å². The first-order valence-corrected chi connectivity index (χ1v) is 6.23. The first-order valence-electron chi connectivity index (χ1n) is 6.23. The standard InChI is InChI=1S/C13H19N3O/c1-3-15-12-6-7-14-9-11(12)13(17)16-8-4-5-10(16)2/h6-7,9-10H,3-5,8H2,1-2H3,(H,14,15). The average Bonchev–Trinajstić information content (AvgIpc) is 2.76. The lowest BCUT2D eigenvalue weighted by atomic mass is 10.2. The fourth-order valence-corrected chi connectivity index (χ4v) is 2.30. The number of likely N-dealkylation sites (tertiary alicyclic amines) is 1. The van der Waals surface area contributed by atoms with E-state index in [0.29, 0.717) is 11.6 Å². The zero-order chi connectivity index (χ0) is 12.3. The van der Waals surface area contributed by atoms with Gasteiger partial charge in [0.1, 0.15) is 0 Å². The molecular weight excluding hydrogens is 214 g/mol. The lowest BCUT2D eigenvalue weighted by Crippen LogP contribution is -2.34. The van der Waals surface area contributed by atoms with Crippen LogP contribution in [0.3, 0.4) is 0 Å². The molecule has 1 N–H and O–H groups in total. The Kier molecular flexibility index (Phi) is 3.61. The number of hydrogen-bond acceptors (Lipinski definition) is 3. The second-order valence-corrected chi connectivity index (χ2v) is 4.44. The number of nitrogens with zero attached hydrogens (tertiary/aromatic N) is 2. The van der Waals surface area contributed by atoms with Gasteiger partial charge in [-0.2, -0.15) is 0 Å². The highest BCUT2D eigenvalue weighted by Crippen LogP contribution is 2.22. The molecule has 1 unspecified atom stereocenters. The van der Waals surface area contributed by atoms with Crippen LogP contribution in [0.15, 0.2) is 18.5 Å². The van der Waals surface area contributed by atoms with E-state index in [2.05, 4.69) is 17.2 Å². The van der Waals surface area contributed by atoms with Crippen molar-refractivity contribution in [1.82, 2.24) is 9.88 Å². The second kappa shape index (κ2) is 5.17. The van der Waals surface area contributed by atoms with Gasteiger partial charge in [-0.1, -0.05) is 0 Å². The van der Waals surface area contributed by atoms with Crippen LogP contribution in [0.2, 0.25) is 0 Å². The summed E-state index contributed by atoms with van der Waals surface area (Å²) in [6.45, 7) is 5.79. The van der Waals surface area contributed by atoms with E-state index in [1.54, 1.807) is 12.4 Å². The van der Waals surface area contributed by atoms with Crippen LogP contribution in [-0.2, 0) is 0 Å². The van der Waals surface area contributed by atoms with Gasteiger partial charge in [-0.3, -0.25) is 9.78 Å². The Balaban J connectivity index is 2.23. The van der Waals surface area contributed by atoms with Crippen molar-refractivity contribution in [3.8, 4) is 0 Å². The molecule has 4 heteroatoms. The normalized spacial score (nSPS) is 19.4. The minimum absolute atomic E-state index is 0.0963. The van der Waals surface area contributed by atoms with E-state index in [4.69, 9.17) is 0 Å². The van der Waals surface area contributed by atoms with Gasteiger partial charge >= 0.3 is 0 Å². The molecule has 17 heavy (non-hydrogen) atoms. The number of anilines is 1. The molecule has 1 amide bonds. The molecule has 0 aliphatic carbocycles. The van der Waals surface area contributed by atoms with Gasteiger partial charge in [0.05, 0.1) is 11.3 Å². The molecule has 1 saturated heterocycles. The summed E-state index contributed by atoms with van der Waals surface area (Å²) >= 11 is 0. The van der Waals surface area contributed by atoms with E-state index in [9.17, 15) is 4.79 Å². The summed E-state index contributed by atoms with van der Waals surface area (Å²) < 4.78 is 0. The fraction of sp³-hybridized carbons (Fsp3) is 0.538. The molecule has 1 fully saturated rings. The van der Waals surface area contributed by atoms with Crippen molar-refractivity contribution in [2.45, 2.75) is 32.7 Å². The van der Waals surface area contributed by atoms with E-state index < -0.39 is 0 Å². The molecule has 0 spiro atoms. The average molecular weight is 233 g/mol. The van der Waals surface area contributed by atoms with Crippen LogP contribution in [-0.4, -0.2) is 34.9 Å². The number of nitrogens with one attached hydrogen (secondary N) is 1. The van der Waals surface area contributed by atoms with E-state index in [1.807, 2.05) is 17.9 Å². The van der Waals surface area contributed by atoms with Gasteiger partial charge in [0.25, 0.3) is 5.91 Å². The number of hydrogen-bond donors (Lipinski definition) is 1. The van der Waals surface area contributed by atoms with Gasteiger partial charge in [0.2, 0.25) is 0 Å². The van der Waals surface area contributed by atoms with Crippen molar-refractivity contribution >= 4 is 11.6 Å². The Bertz CT molecular complexity index is 405. The van der Waals surface area contributed by atoms with Crippen LogP contribution in [0.4, 0.5) is 5.69 Å². The van der Waals surface area contributed by atoms with Crippen LogP contribution >= 0.6 is 0 Å². The van der Waals surface area contributed by atoms with Crippen LogP contribution in [0.1, 0.15) is 37.0 Å². The van der Waals surface area contributed by atoms with Gasteiger partial charge < -0.3 is 10.2 Å². The SMILES string of the molecule is CCNc1ccncc1C(=O)N1CCCC1C. The fourth-order valence-electron chi connectivity index (χ4n) is 2.30. The highest BCUT2D eigenvalue weighted by molar-refractivity contribution is 5.99. The molecule has 0 radical (unpaired) electrons. The molecule has 1 aliphatic rings. The summed E-state index contributed by atoms with van der Waals surface area (Å²) in [5.74, 6) is 0.0963. The third kappa shape index (κ3) is 2.40. The van der Waals surface area contributed by atoms with Crippen molar-refractivity contribution in [1.29, 1.82) is 0 Å². The van der Waals surface area contributed by atoms with Crippen LogP contribution in [0.25, 0.3) is 0 Å². The molecule has 1 aromatic rings. The van der Waals surface area contributed by atoms with Crippen molar-refractivity contribution in [2.75, 3.05) is 18.4 Å². The number of carbonyl (C=O) groups is 1. The molecule has 2 heterocycles. The lowest BCUT2D eigenvalue weighted by Gasteiger charge is -2.22. The maximum Gasteiger partial charge on any atom is 0.257 e. The molecule has 0 aromatic carbocycles. The van der Waals surface area contributed by atoms with Crippen molar-refractivity contribution in [2.24, 2.45) is 0 Å². The van der Waals surface area contributed by atoms with Crippen molar-refractivity contribution in [3.63, 3.8) is 0 Å². The third-order valence-corrected chi connectivity index (χ3v) is 3.23. The topological polar surface area (TPSA) is 45.2 Å². The Hall–Kier alpha value is -1.58. The number of rotatable bonds is 3. The number of pyridine rings is 1. The maximum absolute atomic E-state index is 12.4. The summed E-state index contributed by atoms with van der Waals surface area (Å²) in [6.07, 6.45) is 5.57. The molecule has 0 saturated carbocycles. The molecule has 1 atom stereocenters. The first kappa shape index (κ1) is 11.9. The van der Waals surface area contributed by atoms with E-state index >= 15 is 0 Å². The summed E-state index contributed by atoms with van der Waals surface area (Å²) in [4.78, 5) is 18.4. The molecule has 0 bridgehead atoms. The first-order chi connectivity index (χ1) is 8.24. The van der Waals surface area contributed by atoms with Gasteiger partial charge in [-0.25, -0.2) is 0 Å². The van der Waals surface area contributed by atoms with Gasteiger partial charge in [0, 0.05) is 31.5 Å². The lowest BCUT2D eigenvalue weighted by molar-refractivity contribution is 0.0748. The Morgan fingerprint density at radius 2 is 2.47 bits per heavy atom. The van der Waals surface area contributed by atoms with Crippen molar-refractivity contribution in [3.05, 3.63) is 24.0 Å². The number of amides is 1. The van der Waals surface area contributed by atoms with E-state index in [-0.39, 0.29) is 5.91 Å². The Morgan fingerprint density at radius 3 is 3.12 bits per heavy atom. The van der Waals surface area contributed by atoms with E-state index in [0.717, 1.165) is 31.6 Å². The molecule has 4 nitrogen and oxygen atoms in total. The van der Waals surface area contributed by atoms with Crippen LogP contribution < -0.4 is 5.32 Å². The highest BCUT2D eigenvalue weighted by Gasteiger charge is 2.27. The van der Waals surface area contributed by atoms with Gasteiger partial charge in [-0.05, 0) is 32.8 Å². The molecule has 92 valence electrons. The summed E-state index contributed by atoms with van der Waals surface area (Å²) in [5.41, 5.74) is 1.56. The predicted molar refractivity (Wildman–Crippen MR) is 68.1 cm³/mol. The Morgan fingerprint density at radius 1 is 1.65 bits per heavy atom. The molecule has 2 rings (SSSR count). The number of carbonyl (C=O) groups excluding carboxylic acids is 1. The van der Waals surface area contributed by atoms with Crippen LogP contribution in [0, 0.1) is 0 Å². The molecule has 1 aromatic heterocycles. The summed E-state index contributed by atoms with van der Waals surface area (Å²) in [6, 6.07) is 2.20. The zero-order valence-corrected chi connectivity index (χ0v) is 10.4.